The summed E-state index contributed by atoms with van der Waals surface area (Å²) >= 11 is 5.78. The summed E-state index contributed by atoms with van der Waals surface area (Å²) < 4.78 is 0. The van der Waals surface area contributed by atoms with Gasteiger partial charge in [-0.15, -0.1) is 10.2 Å². The van der Waals surface area contributed by atoms with Gasteiger partial charge < -0.3 is 9.74 Å². The topological polar surface area (TPSA) is 88.0 Å². The number of piperidine rings is 2. The van der Waals surface area contributed by atoms with Crippen molar-refractivity contribution in [2.75, 3.05) is 24.5 Å². The minimum Gasteiger partial charge on any atom is -0.393 e. The van der Waals surface area contributed by atoms with Crippen molar-refractivity contribution in [3.05, 3.63) is 17.3 Å². The lowest BCUT2D eigenvalue weighted by molar-refractivity contribution is -0.152. The van der Waals surface area contributed by atoms with Gasteiger partial charge in [0.05, 0.1) is 12.8 Å². The van der Waals surface area contributed by atoms with E-state index in [-0.39, 0.29) is 29.9 Å². The van der Waals surface area contributed by atoms with Crippen LogP contribution >= 0.6 is 11.6 Å². The van der Waals surface area contributed by atoms with Crippen LogP contribution < -0.4 is 4.90 Å². The second kappa shape index (κ2) is 8.65. The molecule has 1 spiro atoms. The molecule has 3 aliphatic rings. The normalized spacial score (nSPS) is 22.8. The highest BCUT2D eigenvalue weighted by atomic mass is 35.5. The fourth-order valence-corrected chi connectivity index (χ4v) is 4.73. The van der Waals surface area contributed by atoms with Crippen molar-refractivity contribution in [3.63, 3.8) is 0 Å². The monoisotopic (exact) mass is 419 g/mol. The van der Waals surface area contributed by atoms with E-state index in [2.05, 4.69) is 20.3 Å². The molecule has 156 valence electrons. The Balaban J connectivity index is 1.21. The number of imide groups is 1. The molecule has 9 heteroatoms. The molecule has 2 aliphatic heterocycles. The van der Waals surface area contributed by atoms with E-state index < -0.39 is 0 Å². The molecule has 1 saturated carbocycles. The average molecular weight is 420 g/mol. The van der Waals surface area contributed by atoms with E-state index in [9.17, 15) is 9.59 Å². The maximum atomic E-state index is 12.4. The van der Waals surface area contributed by atoms with Gasteiger partial charge in [0.15, 0.2) is 11.0 Å². The van der Waals surface area contributed by atoms with Crippen LogP contribution in [0.2, 0.25) is 5.15 Å². The number of hydrogen-bond donors (Lipinski definition) is 0. The molecule has 0 bridgehead atoms. The summed E-state index contributed by atoms with van der Waals surface area (Å²) in [7, 11) is 0. The number of hydrogen-bond acceptors (Lipinski definition) is 7. The summed E-state index contributed by atoms with van der Waals surface area (Å²) in [5.74, 6) is 0.650. The molecule has 1 aromatic rings. The minimum atomic E-state index is -0.0769. The second-order valence-corrected chi connectivity index (χ2v) is 8.64. The molecule has 2 amide bonds. The van der Waals surface area contributed by atoms with Crippen LogP contribution in [0.5, 0.6) is 0 Å². The van der Waals surface area contributed by atoms with Crippen LogP contribution in [0.3, 0.4) is 0 Å². The van der Waals surface area contributed by atoms with Gasteiger partial charge in [-0.05, 0) is 30.4 Å². The molecule has 0 radical (unpaired) electrons. The number of likely N-dealkylation sites (tertiary alicyclic amines) is 1. The quantitative estimate of drug-likeness (QED) is 0.414. The van der Waals surface area contributed by atoms with E-state index in [1.165, 1.54) is 11.1 Å². The Hall–Kier alpha value is -2.22. The maximum absolute atomic E-state index is 12.4. The Labute approximate surface area is 175 Å². The summed E-state index contributed by atoms with van der Waals surface area (Å²) in [6.07, 6.45) is 8.37. The standard InChI is InChI=1S/C20H26ClN5O3/c21-16-3-4-17(24-23-16)25-10-5-15(6-11-25)29-22-9-12-26-18(27)13-20(14-19(26)28)7-1-2-8-20/h3-4,9,15H,1-2,5-8,10-14H2/b22-9+. The largest absolute Gasteiger partial charge is 0.393 e. The first-order valence-corrected chi connectivity index (χ1v) is 10.7. The van der Waals surface area contributed by atoms with E-state index in [0.29, 0.717) is 18.0 Å². The van der Waals surface area contributed by atoms with Crippen LogP contribution in [0.1, 0.15) is 51.4 Å². The van der Waals surface area contributed by atoms with Gasteiger partial charge >= 0.3 is 0 Å². The number of rotatable bonds is 5. The van der Waals surface area contributed by atoms with Gasteiger partial charge in [-0.3, -0.25) is 14.5 Å². The molecule has 0 aromatic carbocycles. The van der Waals surface area contributed by atoms with Gasteiger partial charge in [0.1, 0.15) is 6.10 Å². The summed E-state index contributed by atoms with van der Waals surface area (Å²) in [6, 6.07) is 3.59. The van der Waals surface area contributed by atoms with Crippen LogP contribution in [0.15, 0.2) is 17.3 Å². The van der Waals surface area contributed by atoms with Gasteiger partial charge in [0, 0.05) is 38.8 Å². The zero-order valence-electron chi connectivity index (χ0n) is 16.4. The lowest BCUT2D eigenvalue weighted by Crippen LogP contribution is -2.47. The predicted molar refractivity (Wildman–Crippen MR) is 109 cm³/mol. The van der Waals surface area contributed by atoms with Gasteiger partial charge in [0.25, 0.3) is 0 Å². The Kier molecular flexibility index (Phi) is 5.99. The van der Waals surface area contributed by atoms with Crippen molar-refractivity contribution in [2.45, 2.75) is 57.5 Å². The van der Waals surface area contributed by atoms with E-state index in [0.717, 1.165) is 57.4 Å². The molecule has 3 fully saturated rings. The highest BCUT2D eigenvalue weighted by molar-refractivity contribution is 6.29. The van der Waals surface area contributed by atoms with Crippen molar-refractivity contribution in [1.29, 1.82) is 0 Å². The zero-order valence-corrected chi connectivity index (χ0v) is 17.2. The maximum Gasteiger partial charge on any atom is 0.230 e. The van der Waals surface area contributed by atoms with Crippen molar-refractivity contribution in [3.8, 4) is 0 Å². The SMILES string of the molecule is O=C1CC2(CCCC2)CC(=O)N1C/C=N/OC1CCN(c2ccc(Cl)nn2)CC1. The number of halogens is 1. The van der Waals surface area contributed by atoms with Gasteiger partial charge in [0.2, 0.25) is 11.8 Å². The summed E-state index contributed by atoms with van der Waals surface area (Å²) in [5, 5.41) is 12.4. The minimum absolute atomic E-state index is 0.0114. The van der Waals surface area contributed by atoms with Crippen LogP contribution in [0.25, 0.3) is 0 Å². The average Bonchev–Trinajstić information content (AvgIpc) is 3.15. The lowest BCUT2D eigenvalue weighted by atomic mass is 9.76. The first-order chi connectivity index (χ1) is 14.0. The van der Waals surface area contributed by atoms with E-state index in [4.69, 9.17) is 16.4 Å². The van der Waals surface area contributed by atoms with Crippen molar-refractivity contribution >= 4 is 35.4 Å². The molecule has 0 unspecified atom stereocenters. The molecular formula is C20H26ClN5O3. The molecule has 29 heavy (non-hydrogen) atoms. The van der Waals surface area contributed by atoms with Gasteiger partial charge in [-0.25, -0.2) is 0 Å². The van der Waals surface area contributed by atoms with Crippen LogP contribution in [0, 0.1) is 5.41 Å². The Morgan fingerprint density at radius 1 is 1.14 bits per heavy atom. The third-order valence-corrected chi connectivity index (χ3v) is 6.45. The van der Waals surface area contributed by atoms with Gasteiger partial charge in [-0.2, -0.15) is 0 Å². The zero-order chi connectivity index (χ0) is 20.3. The molecular weight excluding hydrogens is 394 g/mol. The molecule has 8 nitrogen and oxygen atoms in total. The first-order valence-electron chi connectivity index (χ1n) is 10.3. The summed E-state index contributed by atoms with van der Waals surface area (Å²) in [5.41, 5.74) is -0.0687. The molecule has 4 rings (SSSR count). The molecule has 3 heterocycles. The molecule has 0 N–H and O–H groups in total. The van der Waals surface area contributed by atoms with Crippen LogP contribution in [0.4, 0.5) is 5.82 Å². The summed E-state index contributed by atoms with van der Waals surface area (Å²) in [6.45, 7) is 1.77. The first kappa shape index (κ1) is 20.1. The molecule has 0 atom stereocenters. The number of carbonyl (C=O) groups is 2. The fourth-order valence-electron chi connectivity index (χ4n) is 4.63. The third-order valence-electron chi connectivity index (χ3n) is 6.25. The number of aromatic nitrogens is 2. The van der Waals surface area contributed by atoms with Crippen molar-refractivity contribution in [2.24, 2.45) is 10.6 Å². The Morgan fingerprint density at radius 3 is 2.45 bits per heavy atom. The molecule has 2 saturated heterocycles. The van der Waals surface area contributed by atoms with Gasteiger partial charge in [-0.1, -0.05) is 29.6 Å². The highest BCUT2D eigenvalue weighted by Crippen LogP contribution is 2.46. The van der Waals surface area contributed by atoms with E-state index in [1.54, 1.807) is 6.07 Å². The van der Waals surface area contributed by atoms with E-state index >= 15 is 0 Å². The lowest BCUT2D eigenvalue weighted by Gasteiger charge is -2.36. The number of amides is 2. The number of carbonyl (C=O) groups excluding carboxylic acids is 2. The smallest absolute Gasteiger partial charge is 0.230 e. The van der Waals surface area contributed by atoms with Crippen LogP contribution in [-0.4, -0.2) is 58.9 Å². The van der Waals surface area contributed by atoms with E-state index in [1.807, 2.05) is 6.07 Å². The van der Waals surface area contributed by atoms with Crippen molar-refractivity contribution in [1.82, 2.24) is 15.1 Å². The van der Waals surface area contributed by atoms with Crippen molar-refractivity contribution < 1.29 is 14.4 Å². The number of anilines is 1. The third kappa shape index (κ3) is 4.69. The second-order valence-electron chi connectivity index (χ2n) is 8.25. The van der Waals surface area contributed by atoms with Crippen LogP contribution in [-0.2, 0) is 14.4 Å². The number of nitrogens with zero attached hydrogens (tertiary/aromatic N) is 5. The summed E-state index contributed by atoms with van der Waals surface area (Å²) in [4.78, 5) is 33.9. The predicted octanol–water partition coefficient (Wildman–Crippen LogP) is 2.81. The highest BCUT2D eigenvalue weighted by Gasteiger charge is 2.44. The fraction of sp³-hybridized carbons (Fsp3) is 0.650. The Bertz CT molecular complexity index is 751. The molecule has 1 aliphatic carbocycles. The Morgan fingerprint density at radius 2 is 1.83 bits per heavy atom. The molecule has 1 aromatic heterocycles. The number of oxime groups is 1.